The van der Waals surface area contributed by atoms with Crippen molar-refractivity contribution in [3.05, 3.63) is 107 Å². The monoisotopic (exact) mass is 1060 g/mol. The molecule has 0 spiro atoms. The summed E-state index contributed by atoms with van der Waals surface area (Å²) in [5.74, 6) is -9.63. The number of ether oxygens (including phenoxy) is 4. The van der Waals surface area contributed by atoms with Crippen LogP contribution in [0, 0.1) is 35.1 Å². The first-order valence-electron chi connectivity index (χ1n) is 26.3. The van der Waals surface area contributed by atoms with E-state index in [0.717, 1.165) is 37.8 Å². The van der Waals surface area contributed by atoms with E-state index >= 15 is 0 Å². The Morgan fingerprint density at radius 3 is 1.04 bits per heavy atom. The minimum Gasteiger partial charge on any atom is -0.494 e. The van der Waals surface area contributed by atoms with E-state index in [-0.39, 0.29) is 24.0 Å². The lowest BCUT2D eigenvalue weighted by Gasteiger charge is -2.20. The van der Waals surface area contributed by atoms with E-state index in [1.807, 2.05) is 0 Å². The Bertz CT molecular complexity index is 2230. The molecule has 74 heavy (non-hydrogen) atoms. The lowest BCUT2D eigenvalue weighted by molar-refractivity contribution is -0.181. The van der Waals surface area contributed by atoms with Gasteiger partial charge < -0.3 is 18.9 Å². The van der Waals surface area contributed by atoms with Crippen LogP contribution in [-0.2, 0) is 9.47 Å². The molecular weight excluding hydrogens is 983 g/mol. The Morgan fingerprint density at radius 1 is 0.392 bits per heavy atom. The van der Waals surface area contributed by atoms with E-state index in [0.29, 0.717) is 61.5 Å². The SMILES string of the molecule is CCCCCCCCCOc1ccc(-c2ccc(C(=O)OCCC(CCCC)C(F)(F)F)c(F)c2F)cc1.CCCCCCCOc1ccc(-c2ccc(C(=O)OCCC(CCCC)C(F)(F)F)c(F)c2F)cc1. The van der Waals surface area contributed by atoms with Crippen LogP contribution in [0.3, 0.4) is 0 Å². The van der Waals surface area contributed by atoms with Gasteiger partial charge >= 0.3 is 24.3 Å². The average molecular weight is 1060 g/mol. The summed E-state index contributed by atoms with van der Waals surface area (Å²) in [6, 6.07) is 17.7. The third kappa shape index (κ3) is 21.9. The maximum absolute atomic E-state index is 14.8. The van der Waals surface area contributed by atoms with E-state index in [2.05, 4.69) is 13.8 Å². The maximum atomic E-state index is 14.8. The van der Waals surface area contributed by atoms with Crippen molar-refractivity contribution < 1.29 is 72.4 Å². The molecule has 0 saturated heterocycles. The van der Waals surface area contributed by atoms with Crippen molar-refractivity contribution in [1.29, 1.82) is 0 Å². The summed E-state index contributed by atoms with van der Waals surface area (Å²) < 4.78 is 159. The van der Waals surface area contributed by atoms with Gasteiger partial charge in [0.25, 0.3) is 0 Å². The molecule has 412 valence electrons. The molecule has 0 bridgehead atoms. The summed E-state index contributed by atoms with van der Waals surface area (Å²) in [5, 5.41) is 0. The predicted octanol–water partition coefficient (Wildman–Crippen LogP) is 18.6. The van der Waals surface area contributed by atoms with E-state index in [1.54, 1.807) is 62.4 Å². The molecule has 0 amide bonds. The van der Waals surface area contributed by atoms with Gasteiger partial charge in [-0.25, -0.2) is 27.2 Å². The molecule has 0 aliphatic rings. The normalized spacial score (nSPS) is 12.4. The fourth-order valence-corrected chi connectivity index (χ4v) is 8.05. The van der Waals surface area contributed by atoms with E-state index in [1.165, 1.54) is 63.5 Å². The number of unbranched alkanes of at least 4 members (excludes halogenated alkanes) is 12. The molecule has 0 radical (unpaired) electrons. The number of benzene rings is 4. The molecule has 0 saturated carbocycles. The molecule has 0 fully saturated rings. The average Bonchev–Trinajstić information content (AvgIpc) is 3.37. The zero-order chi connectivity index (χ0) is 54.5. The van der Waals surface area contributed by atoms with Crippen molar-refractivity contribution in [2.24, 2.45) is 11.8 Å². The van der Waals surface area contributed by atoms with Crippen LogP contribution < -0.4 is 9.47 Å². The summed E-state index contributed by atoms with van der Waals surface area (Å²) in [5.41, 5.74) is -0.616. The first-order valence-corrected chi connectivity index (χ1v) is 26.3. The van der Waals surface area contributed by atoms with Gasteiger partial charge in [-0.2, -0.15) is 26.3 Å². The number of carbonyl (C=O) groups is 2. The number of hydrogen-bond acceptors (Lipinski definition) is 6. The topological polar surface area (TPSA) is 71.1 Å². The number of alkyl halides is 6. The second kappa shape index (κ2) is 33.6. The number of carbonyl (C=O) groups excluding carboxylic acids is 2. The Hall–Kier alpha value is -5.28. The largest absolute Gasteiger partial charge is 0.494 e. The first kappa shape index (κ1) is 63.0. The van der Waals surface area contributed by atoms with Crippen molar-refractivity contribution in [2.75, 3.05) is 26.4 Å². The van der Waals surface area contributed by atoms with Crippen LogP contribution in [0.15, 0.2) is 72.8 Å². The van der Waals surface area contributed by atoms with Crippen LogP contribution in [0.25, 0.3) is 22.3 Å². The van der Waals surface area contributed by atoms with E-state index in [9.17, 15) is 53.5 Å². The molecule has 0 N–H and O–H groups in total. The molecule has 0 aromatic heterocycles. The lowest BCUT2D eigenvalue weighted by atomic mass is 9.98. The summed E-state index contributed by atoms with van der Waals surface area (Å²) in [4.78, 5) is 24.5. The quantitative estimate of drug-likeness (QED) is 0.0276. The van der Waals surface area contributed by atoms with Gasteiger partial charge in [-0.3, -0.25) is 0 Å². The molecule has 4 aromatic rings. The molecule has 4 aromatic carbocycles. The van der Waals surface area contributed by atoms with Crippen LogP contribution in [0.5, 0.6) is 11.5 Å². The maximum Gasteiger partial charge on any atom is 0.391 e. The van der Waals surface area contributed by atoms with Gasteiger partial charge in [0.15, 0.2) is 23.3 Å². The van der Waals surface area contributed by atoms with Crippen molar-refractivity contribution >= 4 is 11.9 Å². The fraction of sp³-hybridized carbons (Fsp3) is 0.552. The van der Waals surface area contributed by atoms with Gasteiger partial charge in [0.2, 0.25) is 0 Å². The van der Waals surface area contributed by atoms with Gasteiger partial charge in [0.1, 0.15) is 11.5 Å². The second-order valence-corrected chi connectivity index (χ2v) is 18.5. The smallest absolute Gasteiger partial charge is 0.391 e. The molecule has 16 heteroatoms. The Kier molecular flexibility index (Phi) is 28.6. The van der Waals surface area contributed by atoms with Crippen LogP contribution in [0.2, 0.25) is 0 Å². The molecule has 6 nitrogen and oxygen atoms in total. The van der Waals surface area contributed by atoms with Gasteiger partial charge in [-0.15, -0.1) is 0 Å². The van der Waals surface area contributed by atoms with Crippen LogP contribution in [0.1, 0.15) is 177 Å². The van der Waals surface area contributed by atoms with Gasteiger partial charge in [-0.05, 0) is 86.1 Å². The van der Waals surface area contributed by atoms with Crippen molar-refractivity contribution in [1.82, 2.24) is 0 Å². The zero-order valence-electron chi connectivity index (χ0n) is 43.3. The molecule has 0 aliphatic heterocycles. The minimum absolute atomic E-state index is 0.0469. The number of hydrogen-bond donors (Lipinski definition) is 0. The predicted molar refractivity (Wildman–Crippen MR) is 269 cm³/mol. The molecule has 4 rings (SSSR count). The zero-order valence-corrected chi connectivity index (χ0v) is 43.3. The second-order valence-electron chi connectivity index (χ2n) is 18.5. The van der Waals surface area contributed by atoms with Crippen molar-refractivity contribution in [3.63, 3.8) is 0 Å². The van der Waals surface area contributed by atoms with Crippen LogP contribution >= 0.6 is 0 Å². The lowest BCUT2D eigenvalue weighted by Crippen LogP contribution is -2.25. The Balaban J connectivity index is 0.000000391. The first-order chi connectivity index (χ1) is 35.4. The molecule has 2 atom stereocenters. The summed E-state index contributed by atoms with van der Waals surface area (Å²) in [6.07, 6.45) is 5.98. The van der Waals surface area contributed by atoms with E-state index < -0.39 is 96.6 Å². The summed E-state index contributed by atoms with van der Waals surface area (Å²) in [6.45, 7) is 8.00. The Morgan fingerprint density at radius 2 is 0.716 bits per heavy atom. The number of rotatable bonds is 32. The van der Waals surface area contributed by atoms with E-state index in [4.69, 9.17) is 18.9 Å². The number of halogens is 10. The van der Waals surface area contributed by atoms with Crippen molar-refractivity contribution in [3.8, 4) is 33.8 Å². The van der Waals surface area contributed by atoms with Gasteiger partial charge in [0, 0.05) is 11.1 Å². The van der Waals surface area contributed by atoms with Crippen LogP contribution in [0.4, 0.5) is 43.9 Å². The highest BCUT2D eigenvalue weighted by molar-refractivity contribution is 5.91. The highest BCUT2D eigenvalue weighted by Gasteiger charge is 2.40. The fourth-order valence-electron chi connectivity index (χ4n) is 8.05. The molecular formula is C58H74F10O6. The summed E-state index contributed by atoms with van der Waals surface area (Å²) >= 11 is 0. The molecule has 2 unspecified atom stereocenters. The van der Waals surface area contributed by atoms with Crippen LogP contribution in [-0.4, -0.2) is 50.7 Å². The molecule has 0 heterocycles. The minimum atomic E-state index is -4.41. The third-order valence-electron chi connectivity index (χ3n) is 12.6. The highest BCUT2D eigenvalue weighted by Crippen LogP contribution is 2.35. The third-order valence-corrected chi connectivity index (χ3v) is 12.6. The highest BCUT2D eigenvalue weighted by atomic mass is 19.4. The molecule has 0 aliphatic carbocycles. The van der Waals surface area contributed by atoms with Crippen molar-refractivity contribution in [2.45, 2.75) is 168 Å². The standard InChI is InChI=1S/C30H39F5O3.C28H35F5O3/c1-3-5-7-8-9-10-11-20-37-24-15-13-22(14-16-24)25-17-18-26(28(32)27(25)31)29(36)38-21-19-23(12-6-4-2)30(33,34)35;1-3-5-7-8-9-18-35-22-13-11-20(12-14-22)23-15-16-24(26(30)25(23)29)27(34)36-19-17-21(10-6-4-2)28(31,32)33/h13-18,23H,3-12,19-21H2,1-2H3;11-16,21H,3-10,17-19H2,1-2H3. The Labute approximate surface area is 430 Å². The van der Waals surface area contributed by atoms with Gasteiger partial charge in [-0.1, -0.05) is 154 Å². The summed E-state index contributed by atoms with van der Waals surface area (Å²) in [7, 11) is 0. The number of esters is 2. The van der Waals surface area contributed by atoms with Gasteiger partial charge in [0.05, 0.1) is 49.4 Å².